The Labute approximate surface area is 86.6 Å². The number of rotatable bonds is 3. The zero-order chi connectivity index (χ0) is 10.6. The van der Waals surface area contributed by atoms with Gasteiger partial charge in [-0.1, -0.05) is 23.7 Å². The van der Waals surface area contributed by atoms with Gasteiger partial charge in [-0.25, -0.2) is 0 Å². The van der Waals surface area contributed by atoms with Crippen LogP contribution in [0, 0.1) is 0 Å². The molecule has 0 spiro atoms. The number of halogens is 1. The summed E-state index contributed by atoms with van der Waals surface area (Å²) in [7, 11) is 0. The molecule has 0 radical (unpaired) electrons. The van der Waals surface area contributed by atoms with Gasteiger partial charge in [0.25, 0.3) is 0 Å². The predicted octanol–water partition coefficient (Wildman–Crippen LogP) is 2.09. The molecule has 0 atom stereocenters. The smallest absolute Gasteiger partial charge is 0.303 e. The molecule has 0 unspecified atom stereocenters. The number of Topliss-reactive ketones (excluding diaryl/α,β-unsaturated/α-hetero) is 1. The average Bonchev–Trinajstić information content (AvgIpc) is 2.15. The van der Waals surface area contributed by atoms with E-state index in [-0.39, 0.29) is 12.4 Å². The maximum atomic E-state index is 11.4. The lowest BCUT2D eigenvalue weighted by atomic mass is 10.1. The Balaban J connectivity index is 2.70. The van der Waals surface area contributed by atoms with Crippen LogP contribution < -0.4 is 0 Å². The van der Waals surface area contributed by atoms with E-state index in [0.717, 1.165) is 0 Å². The Morgan fingerprint density at radius 3 is 2.57 bits per heavy atom. The topological polar surface area (TPSA) is 43.4 Å². The molecular formula is C10H9ClO3. The predicted molar refractivity (Wildman–Crippen MR) is 52.4 cm³/mol. The monoisotopic (exact) mass is 212 g/mol. The third-order valence-corrected chi connectivity index (χ3v) is 1.91. The van der Waals surface area contributed by atoms with Gasteiger partial charge in [-0.3, -0.25) is 9.59 Å². The Hall–Kier alpha value is -1.35. The number of carbonyl (C=O) groups is 2. The zero-order valence-corrected chi connectivity index (χ0v) is 8.38. The molecule has 0 aliphatic rings. The Morgan fingerprint density at radius 2 is 2.00 bits per heavy atom. The van der Waals surface area contributed by atoms with Gasteiger partial charge in [0.1, 0.15) is 0 Å². The maximum absolute atomic E-state index is 11.4. The first kappa shape index (κ1) is 10.7. The van der Waals surface area contributed by atoms with E-state index >= 15 is 0 Å². The molecular weight excluding hydrogens is 204 g/mol. The van der Waals surface area contributed by atoms with Gasteiger partial charge >= 0.3 is 5.97 Å². The minimum Gasteiger partial charge on any atom is -0.457 e. The van der Waals surface area contributed by atoms with Gasteiger partial charge in [0.15, 0.2) is 6.61 Å². The van der Waals surface area contributed by atoms with Crippen molar-refractivity contribution in [3.63, 3.8) is 0 Å². The van der Waals surface area contributed by atoms with Crippen LogP contribution in [-0.4, -0.2) is 18.4 Å². The quantitative estimate of drug-likeness (QED) is 0.569. The molecule has 14 heavy (non-hydrogen) atoms. The summed E-state index contributed by atoms with van der Waals surface area (Å²) in [5.41, 5.74) is 0.371. The van der Waals surface area contributed by atoms with E-state index in [2.05, 4.69) is 4.74 Å². The van der Waals surface area contributed by atoms with Gasteiger partial charge in [0.05, 0.1) is 5.02 Å². The molecule has 0 saturated carbocycles. The van der Waals surface area contributed by atoms with Crippen molar-refractivity contribution < 1.29 is 14.3 Å². The van der Waals surface area contributed by atoms with Gasteiger partial charge in [0.2, 0.25) is 5.78 Å². The second-order valence-corrected chi connectivity index (χ2v) is 3.09. The Morgan fingerprint density at radius 1 is 1.36 bits per heavy atom. The summed E-state index contributed by atoms with van der Waals surface area (Å²) in [6, 6.07) is 6.63. The third kappa shape index (κ3) is 2.85. The summed E-state index contributed by atoms with van der Waals surface area (Å²) in [5.74, 6) is -0.781. The number of ketones is 1. The lowest BCUT2D eigenvalue weighted by Gasteiger charge is -2.02. The van der Waals surface area contributed by atoms with Crippen LogP contribution in [0.2, 0.25) is 5.02 Å². The highest BCUT2D eigenvalue weighted by atomic mass is 35.5. The Kier molecular flexibility index (Phi) is 3.65. The van der Waals surface area contributed by atoms with Crippen LogP contribution in [-0.2, 0) is 9.53 Å². The molecule has 0 aromatic heterocycles. The molecule has 1 rings (SSSR count). The fourth-order valence-corrected chi connectivity index (χ4v) is 1.17. The molecule has 0 amide bonds. The summed E-state index contributed by atoms with van der Waals surface area (Å²) in [4.78, 5) is 21.9. The van der Waals surface area contributed by atoms with E-state index < -0.39 is 5.97 Å². The average molecular weight is 213 g/mol. The fourth-order valence-electron chi connectivity index (χ4n) is 0.932. The molecule has 0 aliphatic carbocycles. The molecule has 0 N–H and O–H groups in total. The number of carbonyl (C=O) groups excluding carboxylic acids is 2. The number of esters is 1. The highest BCUT2D eigenvalue weighted by Gasteiger charge is 2.10. The van der Waals surface area contributed by atoms with Gasteiger partial charge in [-0.15, -0.1) is 0 Å². The highest BCUT2D eigenvalue weighted by Crippen LogP contribution is 2.15. The van der Waals surface area contributed by atoms with Crippen LogP contribution in [0.15, 0.2) is 24.3 Å². The van der Waals surface area contributed by atoms with Crippen molar-refractivity contribution in [2.45, 2.75) is 6.92 Å². The molecule has 0 bridgehead atoms. The van der Waals surface area contributed by atoms with Crippen LogP contribution in [0.1, 0.15) is 17.3 Å². The van der Waals surface area contributed by atoms with Gasteiger partial charge in [-0.05, 0) is 12.1 Å². The standard InChI is InChI=1S/C10H9ClO3/c1-7(12)14-6-10(13)8-4-2-3-5-9(8)11/h2-5H,6H2,1H3. The molecule has 1 aromatic carbocycles. The van der Waals surface area contributed by atoms with Crippen molar-refractivity contribution in [2.24, 2.45) is 0 Å². The number of ether oxygens (including phenoxy) is 1. The van der Waals surface area contributed by atoms with Gasteiger partial charge in [0, 0.05) is 12.5 Å². The second-order valence-electron chi connectivity index (χ2n) is 2.68. The number of hydrogen-bond acceptors (Lipinski definition) is 3. The summed E-state index contributed by atoms with van der Waals surface area (Å²) < 4.78 is 4.57. The van der Waals surface area contributed by atoms with E-state index in [4.69, 9.17) is 11.6 Å². The van der Waals surface area contributed by atoms with Crippen LogP contribution in [0.25, 0.3) is 0 Å². The second kappa shape index (κ2) is 4.77. The van der Waals surface area contributed by atoms with Crippen LogP contribution in [0.3, 0.4) is 0 Å². The maximum Gasteiger partial charge on any atom is 0.303 e. The first-order valence-electron chi connectivity index (χ1n) is 4.02. The molecule has 0 fully saturated rings. The van der Waals surface area contributed by atoms with Crippen LogP contribution in [0.4, 0.5) is 0 Å². The normalized spacial score (nSPS) is 9.57. The van der Waals surface area contributed by atoms with E-state index in [1.54, 1.807) is 24.3 Å². The fraction of sp³-hybridized carbons (Fsp3) is 0.200. The summed E-state index contributed by atoms with van der Waals surface area (Å²) >= 11 is 5.77. The molecule has 4 heteroatoms. The first-order valence-corrected chi connectivity index (χ1v) is 4.40. The van der Waals surface area contributed by atoms with Gasteiger partial charge < -0.3 is 4.74 Å². The van der Waals surface area contributed by atoms with Crippen molar-refractivity contribution in [3.8, 4) is 0 Å². The largest absolute Gasteiger partial charge is 0.457 e. The molecule has 1 aromatic rings. The SMILES string of the molecule is CC(=O)OCC(=O)c1ccccc1Cl. The molecule has 0 saturated heterocycles. The van der Waals surface area contributed by atoms with Crippen molar-refractivity contribution in [1.82, 2.24) is 0 Å². The minimum absolute atomic E-state index is 0.265. The van der Waals surface area contributed by atoms with Crippen molar-refractivity contribution in [2.75, 3.05) is 6.61 Å². The number of hydrogen-bond donors (Lipinski definition) is 0. The van der Waals surface area contributed by atoms with Crippen molar-refractivity contribution in [1.29, 1.82) is 0 Å². The molecule has 74 valence electrons. The van der Waals surface area contributed by atoms with Crippen molar-refractivity contribution in [3.05, 3.63) is 34.9 Å². The van der Waals surface area contributed by atoms with Crippen LogP contribution >= 0.6 is 11.6 Å². The Bertz CT molecular complexity index is 360. The third-order valence-electron chi connectivity index (χ3n) is 1.58. The summed E-state index contributed by atoms with van der Waals surface area (Å²) in [5, 5.41) is 0.365. The van der Waals surface area contributed by atoms with E-state index in [0.29, 0.717) is 10.6 Å². The first-order chi connectivity index (χ1) is 6.61. The zero-order valence-electron chi connectivity index (χ0n) is 7.62. The lowest BCUT2D eigenvalue weighted by molar-refractivity contribution is -0.139. The number of benzene rings is 1. The minimum atomic E-state index is -0.481. The van der Waals surface area contributed by atoms with E-state index in [9.17, 15) is 9.59 Å². The highest BCUT2D eigenvalue weighted by molar-refractivity contribution is 6.34. The van der Waals surface area contributed by atoms with Crippen molar-refractivity contribution >= 4 is 23.4 Å². The molecule has 3 nitrogen and oxygen atoms in total. The van der Waals surface area contributed by atoms with E-state index in [1.807, 2.05) is 0 Å². The van der Waals surface area contributed by atoms with Gasteiger partial charge in [-0.2, -0.15) is 0 Å². The molecule has 0 heterocycles. The molecule has 0 aliphatic heterocycles. The van der Waals surface area contributed by atoms with E-state index in [1.165, 1.54) is 6.92 Å². The van der Waals surface area contributed by atoms with Crippen LogP contribution in [0.5, 0.6) is 0 Å². The summed E-state index contributed by atoms with van der Waals surface area (Å²) in [6.07, 6.45) is 0. The summed E-state index contributed by atoms with van der Waals surface area (Å²) in [6.45, 7) is 0.985. The lowest BCUT2D eigenvalue weighted by Crippen LogP contribution is -2.12.